The van der Waals surface area contributed by atoms with Gasteiger partial charge in [-0.25, -0.2) is 4.98 Å². The summed E-state index contributed by atoms with van der Waals surface area (Å²) in [6.07, 6.45) is 1.42. The molecule has 0 aliphatic heterocycles. The molecule has 0 unspecified atom stereocenters. The smallest absolute Gasteiger partial charge is 0.310 e. The molecule has 2 N–H and O–H groups in total. The minimum Gasteiger partial charge on any atom is -0.497 e. The lowest BCUT2D eigenvalue weighted by atomic mass is 9.99. The van der Waals surface area contributed by atoms with Crippen LogP contribution >= 0.6 is 0 Å². The number of hydrogen-bond donors (Lipinski definition) is 2. The van der Waals surface area contributed by atoms with Crippen molar-refractivity contribution in [1.29, 1.82) is 5.41 Å². The molecular weight excluding hydrogens is 318 g/mol. The highest BCUT2D eigenvalue weighted by Gasteiger charge is 2.16. The summed E-state index contributed by atoms with van der Waals surface area (Å²) in [6.45, 7) is 4.33. The summed E-state index contributed by atoms with van der Waals surface area (Å²) in [7, 11) is 3.00. The van der Waals surface area contributed by atoms with E-state index in [1.807, 2.05) is 38.1 Å². The molecule has 0 bridgehead atoms. The summed E-state index contributed by atoms with van der Waals surface area (Å²) in [6, 6.07) is 7.75. The molecule has 0 aliphatic carbocycles. The fraction of sp³-hybridized carbons (Fsp3) is 0.316. The highest BCUT2D eigenvalue weighted by molar-refractivity contribution is 5.88. The van der Waals surface area contributed by atoms with Gasteiger partial charge in [0.25, 0.3) is 0 Å². The van der Waals surface area contributed by atoms with Gasteiger partial charge in [0.05, 0.1) is 20.6 Å². The zero-order valence-corrected chi connectivity index (χ0v) is 15.0. The molecule has 0 saturated heterocycles. The van der Waals surface area contributed by atoms with Crippen molar-refractivity contribution in [2.24, 2.45) is 0 Å². The Morgan fingerprint density at radius 1 is 1.24 bits per heavy atom. The number of rotatable bonds is 7. The molecule has 6 nitrogen and oxygen atoms in total. The van der Waals surface area contributed by atoms with Gasteiger partial charge in [0.2, 0.25) is 0 Å². The van der Waals surface area contributed by atoms with Crippen molar-refractivity contribution in [2.75, 3.05) is 19.5 Å². The summed E-state index contributed by atoms with van der Waals surface area (Å²) >= 11 is 0. The topological polar surface area (TPSA) is 84.3 Å². The fourth-order valence-corrected chi connectivity index (χ4v) is 2.62. The molecule has 6 heteroatoms. The first-order chi connectivity index (χ1) is 12.0. The van der Waals surface area contributed by atoms with E-state index in [9.17, 15) is 4.79 Å². The van der Waals surface area contributed by atoms with Crippen LogP contribution in [0.2, 0.25) is 0 Å². The summed E-state index contributed by atoms with van der Waals surface area (Å²) in [4.78, 5) is 16.1. The van der Waals surface area contributed by atoms with Crippen molar-refractivity contribution in [3.8, 4) is 5.75 Å². The van der Waals surface area contributed by atoms with E-state index < -0.39 is 0 Å². The van der Waals surface area contributed by atoms with Gasteiger partial charge in [0.1, 0.15) is 11.6 Å². The minimum atomic E-state index is -0.317. The maximum absolute atomic E-state index is 11.6. The molecule has 2 rings (SSSR count). The fourth-order valence-electron chi connectivity index (χ4n) is 2.62. The lowest BCUT2D eigenvalue weighted by Gasteiger charge is -2.16. The average Bonchev–Trinajstić information content (AvgIpc) is 2.63. The Balaban J connectivity index is 2.25. The average molecular weight is 341 g/mol. The lowest BCUT2D eigenvalue weighted by Crippen LogP contribution is -2.13. The zero-order valence-electron chi connectivity index (χ0n) is 15.0. The van der Waals surface area contributed by atoms with Crippen LogP contribution in [-0.2, 0) is 22.5 Å². The molecule has 0 atom stereocenters. The Kier molecular flexibility index (Phi) is 6.11. The van der Waals surface area contributed by atoms with E-state index in [0.29, 0.717) is 17.9 Å². The summed E-state index contributed by atoms with van der Waals surface area (Å²) in [5.74, 6) is 1.12. The Labute approximate surface area is 147 Å². The van der Waals surface area contributed by atoms with Gasteiger partial charge < -0.3 is 20.2 Å². The number of carbonyl (C=O) groups is 1. The monoisotopic (exact) mass is 341 g/mol. The highest BCUT2D eigenvalue weighted by atomic mass is 16.5. The number of ether oxygens (including phenoxy) is 2. The molecule has 0 saturated carbocycles. The van der Waals surface area contributed by atoms with Crippen molar-refractivity contribution < 1.29 is 14.3 Å². The number of carbonyl (C=O) groups excluding carboxylic acids is 1. The first-order valence-corrected chi connectivity index (χ1v) is 7.94. The van der Waals surface area contributed by atoms with Crippen molar-refractivity contribution in [3.05, 3.63) is 52.2 Å². The number of benzene rings is 1. The van der Waals surface area contributed by atoms with Gasteiger partial charge in [-0.2, -0.15) is 0 Å². The number of nitrogens with one attached hydrogen (secondary N) is 2. The summed E-state index contributed by atoms with van der Waals surface area (Å²) < 4.78 is 9.90. The largest absolute Gasteiger partial charge is 0.497 e. The molecule has 0 radical (unpaired) electrons. The number of esters is 1. The molecule has 0 spiro atoms. The van der Waals surface area contributed by atoms with Crippen LogP contribution in [0.15, 0.2) is 24.3 Å². The van der Waals surface area contributed by atoms with Crippen molar-refractivity contribution in [1.82, 2.24) is 4.98 Å². The Hall–Kier alpha value is -2.89. The van der Waals surface area contributed by atoms with E-state index in [2.05, 4.69) is 10.3 Å². The number of hydrogen-bond acceptors (Lipinski definition) is 6. The Morgan fingerprint density at radius 3 is 2.48 bits per heavy atom. The number of aromatic nitrogens is 1. The molecule has 1 heterocycles. The minimum absolute atomic E-state index is 0.154. The van der Waals surface area contributed by atoms with Gasteiger partial charge in [-0.1, -0.05) is 12.1 Å². The van der Waals surface area contributed by atoms with Crippen molar-refractivity contribution in [2.45, 2.75) is 26.8 Å². The maximum Gasteiger partial charge on any atom is 0.310 e. The number of aryl methyl sites for hydroxylation is 1. The van der Waals surface area contributed by atoms with Gasteiger partial charge in [-0.3, -0.25) is 4.79 Å². The van der Waals surface area contributed by atoms with Gasteiger partial charge >= 0.3 is 5.97 Å². The van der Waals surface area contributed by atoms with Gasteiger partial charge in [0, 0.05) is 24.0 Å². The molecule has 2 aromatic rings. The molecule has 0 amide bonds. The summed E-state index contributed by atoms with van der Waals surface area (Å²) in [5.41, 5.74) is 4.18. The van der Waals surface area contributed by atoms with E-state index >= 15 is 0 Å². The molecule has 1 aromatic heterocycles. The molecule has 1 aromatic carbocycles. The number of anilines is 1. The van der Waals surface area contributed by atoms with Crippen LogP contribution in [0, 0.1) is 19.3 Å². The Bertz CT molecular complexity index is 770. The number of pyridine rings is 1. The van der Waals surface area contributed by atoms with Crippen molar-refractivity contribution in [3.63, 3.8) is 0 Å². The third-order valence-corrected chi connectivity index (χ3v) is 4.14. The van der Waals surface area contributed by atoms with Crippen LogP contribution in [0.5, 0.6) is 5.75 Å². The van der Waals surface area contributed by atoms with Crippen LogP contribution in [-0.4, -0.2) is 31.4 Å². The highest BCUT2D eigenvalue weighted by Crippen LogP contribution is 2.23. The zero-order chi connectivity index (χ0) is 18.4. The number of methoxy groups -OCH3 is 2. The van der Waals surface area contributed by atoms with E-state index in [1.165, 1.54) is 13.3 Å². The van der Waals surface area contributed by atoms with E-state index in [-0.39, 0.29) is 12.4 Å². The predicted molar refractivity (Wildman–Crippen MR) is 97.6 cm³/mol. The SMILES string of the molecule is COC(=O)Cc1c(C)nc(NCc2ccc(OC)cc2)c(C=N)c1C. The third kappa shape index (κ3) is 4.35. The van der Waals surface area contributed by atoms with Crippen LogP contribution in [0.1, 0.15) is 27.9 Å². The van der Waals surface area contributed by atoms with Crippen LogP contribution in [0.4, 0.5) is 5.82 Å². The van der Waals surface area contributed by atoms with Crippen LogP contribution in [0.3, 0.4) is 0 Å². The number of nitrogens with zero attached hydrogens (tertiary/aromatic N) is 1. The van der Waals surface area contributed by atoms with Crippen molar-refractivity contribution >= 4 is 18.0 Å². The Morgan fingerprint density at radius 2 is 1.92 bits per heavy atom. The van der Waals surface area contributed by atoms with Gasteiger partial charge in [-0.15, -0.1) is 0 Å². The van der Waals surface area contributed by atoms with E-state index in [0.717, 1.165) is 28.1 Å². The normalized spacial score (nSPS) is 10.2. The molecule has 0 fully saturated rings. The standard InChI is InChI=1S/C19H23N3O3/c1-12-16(9-18(23)25-4)13(2)22-19(17(12)10-20)21-11-14-5-7-15(24-3)8-6-14/h5-8,10,20H,9,11H2,1-4H3,(H,21,22). The maximum atomic E-state index is 11.6. The second-order valence-electron chi connectivity index (χ2n) is 5.66. The molecule has 132 valence electrons. The first-order valence-electron chi connectivity index (χ1n) is 7.94. The first kappa shape index (κ1) is 18.4. The molecule has 0 aliphatic rings. The van der Waals surface area contributed by atoms with E-state index in [1.54, 1.807) is 7.11 Å². The van der Waals surface area contributed by atoms with E-state index in [4.69, 9.17) is 14.9 Å². The van der Waals surface area contributed by atoms with Gasteiger partial charge in [-0.05, 0) is 42.7 Å². The third-order valence-electron chi connectivity index (χ3n) is 4.14. The lowest BCUT2D eigenvalue weighted by molar-refractivity contribution is -0.139. The molecule has 25 heavy (non-hydrogen) atoms. The second-order valence-corrected chi connectivity index (χ2v) is 5.66. The summed E-state index contributed by atoms with van der Waals surface area (Å²) in [5, 5.41) is 11.0. The van der Waals surface area contributed by atoms with Crippen LogP contribution < -0.4 is 10.1 Å². The van der Waals surface area contributed by atoms with Crippen LogP contribution in [0.25, 0.3) is 0 Å². The molecular formula is C19H23N3O3. The quantitative estimate of drug-likeness (QED) is 0.597. The predicted octanol–water partition coefficient (Wildman–Crippen LogP) is 3.03. The van der Waals surface area contributed by atoms with Gasteiger partial charge in [0.15, 0.2) is 0 Å². The second kappa shape index (κ2) is 8.28.